The minimum atomic E-state index is -0.0704. The molecule has 0 saturated heterocycles. The molecule has 0 radical (unpaired) electrons. The summed E-state index contributed by atoms with van der Waals surface area (Å²) in [4.78, 5) is 7.79. The van der Waals surface area contributed by atoms with Crippen LogP contribution in [-0.2, 0) is 0 Å². The van der Waals surface area contributed by atoms with Crippen molar-refractivity contribution in [1.29, 1.82) is 0 Å². The highest BCUT2D eigenvalue weighted by Gasteiger charge is 2.08. The maximum atomic E-state index is 9.40. The Morgan fingerprint density at radius 2 is 1.65 bits per heavy atom. The fourth-order valence-corrected chi connectivity index (χ4v) is 1.57. The van der Waals surface area contributed by atoms with Crippen LogP contribution < -0.4 is 5.32 Å². The van der Waals surface area contributed by atoms with Crippen molar-refractivity contribution in [2.75, 3.05) is 5.32 Å². The van der Waals surface area contributed by atoms with E-state index >= 15 is 0 Å². The van der Waals surface area contributed by atoms with E-state index in [0.29, 0.717) is 0 Å². The zero-order chi connectivity index (χ0) is 12.3. The van der Waals surface area contributed by atoms with Crippen LogP contribution in [0.2, 0.25) is 0 Å². The van der Waals surface area contributed by atoms with Crippen molar-refractivity contribution in [3.63, 3.8) is 0 Å². The zero-order valence-electron chi connectivity index (χ0n) is 9.33. The molecule has 2 aromatic rings. The lowest BCUT2D eigenvalue weighted by Crippen LogP contribution is -2.06. The summed E-state index contributed by atoms with van der Waals surface area (Å²) in [5.41, 5.74) is 1.56. The van der Waals surface area contributed by atoms with Crippen LogP contribution in [0, 0.1) is 0 Å². The number of aromatic hydroxyl groups is 2. The second-order valence-electron chi connectivity index (χ2n) is 3.78. The molecule has 1 heterocycles. The highest BCUT2D eigenvalue weighted by atomic mass is 16.3. The summed E-state index contributed by atoms with van der Waals surface area (Å²) in [6, 6.07) is 4.42. The Bertz CT molecular complexity index is 482. The SMILES string of the molecule is CC(Nc1cncnc1)c1cc(O)cc(O)c1. The Morgan fingerprint density at radius 3 is 2.24 bits per heavy atom. The monoisotopic (exact) mass is 231 g/mol. The van der Waals surface area contributed by atoms with Crippen molar-refractivity contribution in [2.45, 2.75) is 13.0 Å². The van der Waals surface area contributed by atoms with E-state index in [0.717, 1.165) is 11.3 Å². The quantitative estimate of drug-likeness (QED) is 0.753. The molecule has 3 N–H and O–H groups in total. The Labute approximate surface area is 98.8 Å². The van der Waals surface area contributed by atoms with Gasteiger partial charge in [-0.25, -0.2) is 9.97 Å². The molecule has 1 unspecified atom stereocenters. The molecular weight excluding hydrogens is 218 g/mol. The first-order valence-corrected chi connectivity index (χ1v) is 5.19. The van der Waals surface area contributed by atoms with E-state index < -0.39 is 0 Å². The lowest BCUT2D eigenvalue weighted by atomic mass is 10.1. The molecule has 5 nitrogen and oxygen atoms in total. The second-order valence-corrected chi connectivity index (χ2v) is 3.78. The molecule has 0 aliphatic carbocycles. The van der Waals surface area contributed by atoms with Gasteiger partial charge >= 0.3 is 0 Å². The Hall–Kier alpha value is -2.30. The molecule has 0 amide bonds. The molecule has 0 saturated carbocycles. The Kier molecular flexibility index (Phi) is 3.09. The number of phenols is 2. The van der Waals surface area contributed by atoms with Gasteiger partial charge in [-0.3, -0.25) is 0 Å². The number of aromatic nitrogens is 2. The fourth-order valence-electron chi connectivity index (χ4n) is 1.57. The van der Waals surface area contributed by atoms with E-state index in [9.17, 15) is 10.2 Å². The van der Waals surface area contributed by atoms with E-state index in [4.69, 9.17) is 0 Å². The van der Waals surface area contributed by atoms with Gasteiger partial charge in [0.15, 0.2) is 0 Å². The average Bonchev–Trinajstić information content (AvgIpc) is 2.29. The summed E-state index contributed by atoms with van der Waals surface area (Å²) in [6.07, 6.45) is 4.77. The first-order valence-electron chi connectivity index (χ1n) is 5.19. The molecular formula is C12H13N3O2. The van der Waals surface area contributed by atoms with Gasteiger partial charge in [0.05, 0.1) is 18.1 Å². The molecule has 1 aromatic carbocycles. The van der Waals surface area contributed by atoms with Gasteiger partial charge in [0.25, 0.3) is 0 Å². The largest absolute Gasteiger partial charge is 0.508 e. The van der Waals surface area contributed by atoms with Crippen molar-refractivity contribution in [3.8, 4) is 11.5 Å². The van der Waals surface area contributed by atoms with Crippen molar-refractivity contribution in [3.05, 3.63) is 42.5 Å². The number of hydrogen-bond acceptors (Lipinski definition) is 5. The van der Waals surface area contributed by atoms with Crippen LogP contribution >= 0.6 is 0 Å². The number of phenolic OH excluding ortho intramolecular Hbond substituents is 2. The van der Waals surface area contributed by atoms with Crippen molar-refractivity contribution < 1.29 is 10.2 Å². The molecule has 5 heteroatoms. The maximum absolute atomic E-state index is 9.40. The van der Waals surface area contributed by atoms with Gasteiger partial charge in [-0.1, -0.05) is 0 Å². The molecule has 17 heavy (non-hydrogen) atoms. The second kappa shape index (κ2) is 4.69. The number of nitrogens with zero attached hydrogens (tertiary/aromatic N) is 2. The predicted octanol–water partition coefficient (Wildman–Crippen LogP) is 2.06. The van der Waals surface area contributed by atoms with Gasteiger partial charge in [-0.2, -0.15) is 0 Å². The third-order valence-corrected chi connectivity index (χ3v) is 2.37. The fraction of sp³-hybridized carbons (Fsp3) is 0.167. The molecule has 0 fully saturated rings. The smallest absolute Gasteiger partial charge is 0.119 e. The van der Waals surface area contributed by atoms with Crippen LogP contribution in [-0.4, -0.2) is 20.2 Å². The van der Waals surface area contributed by atoms with Gasteiger partial charge in [0.2, 0.25) is 0 Å². The minimum absolute atomic E-state index is 0.0398. The number of hydrogen-bond donors (Lipinski definition) is 3. The lowest BCUT2D eigenvalue weighted by Gasteiger charge is -2.15. The summed E-state index contributed by atoms with van der Waals surface area (Å²) < 4.78 is 0. The van der Waals surface area contributed by atoms with Crippen LogP contribution in [0.1, 0.15) is 18.5 Å². The van der Waals surface area contributed by atoms with Crippen molar-refractivity contribution in [2.24, 2.45) is 0 Å². The van der Waals surface area contributed by atoms with Crippen molar-refractivity contribution in [1.82, 2.24) is 9.97 Å². The summed E-state index contributed by atoms with van der Waals surface area (Å²) in [6.45, 7) is 1.92. The van der Waals surface area contributed by atoms with Gasteiger partial charge in [-0.15, -0.1) is 0 Å². The van der Waals surface area contributed by atoms with E-state index in [1.54, 1.807) is 24.5 Å². The third kappa shape index (κ3) is 2.84. The lowest BCUT2D eigenvalue weighted by molar-refractivity contribution is 0.448. The van der Waals surface area contributed by atoms with Crippen molar-refractivity contribution >= 4 is 5.69 Å². The first-order chi connectivity index (χ1) is 8.15. The van der Waals surface area contributed by atoms with Gasteiger partial charge in [0, 0.05) is 12.1 Å². The summed E-state index contributed by atoms with van der Waals surface area (Å²) in [5, 5.41) is 22.0. The molecule has 88 valence electrons. The predicted molar refractivity (Wildman–Crippen MR) is 63.8 cm³/mol. The number of rotatable bonds is 3. The highest BCUT2D eigenvalue weighted by molar-refractivity contribution is 5.44. The molecule has 2 rings (SSSR count). The summed E-state index contributed by atoms with van der Waals surface area (Å²) in [5.74, 6) is 0.0796. The van der Waals surface area contributed by atoms with Gasteiger partial charge in [0.1, 0.15) is 17.8 Å². The summed E-state index contributed by atoms with van der Waals surface area (Å²) in [7, 11) is 0. The summed E-state index contributed by atoms with van der Waals surface area (Å²) >= 11 is 0. The molecule has 0 bridgehead atoms. The third-order valence-electron chi connectivity index (χ3n) is 2.37. The Morgan fingerprint density at radius 1 is 1.06 bits per heavy atom. The van der Waals surface area contributed by atoms with E-state index in [1.807, 2.05) is 6.92 Å². The van der Waals surface area contributed by atoms with Crippen LogP contribution in [0.4, 0.5) is 5.69 Å². The van der Waals surface area contributed by atoms with Crippen LogP contribution in [0.25, 0.3) is 0 Å². The van der Waals surface area contributed by atoms with E-state index in [1.165, 1.54) is 12.4 Å². The van der Waals surface area contributed by atoms with E-state index in [-0.39, 0.29) is 17.5 Å². The normalized spacial score (nSPS) is 12.1. The highest BCUT2D eigenvalue weighted by Crippen LogP contribution is 2.26. The van der Waals surface area contributed by atoms with Crippen LogP contribution in [0.15, 0.2) is 36.9 Å². The average molecular weight is 231 g/mol. The number of benzene rings is 1. The van der Waals surface area contributed by atoms with Crippen LogP contribution in [0.3, 0.4) is 0 Å². The minimum Gasteiger partial charge on any atom is -0.508 e. The van der Waals surface area contributed by atoms with E-state index in [2.05, 4.69) is 15.3 Å². The first kappa shape index (κ1) is 11.2. The Balaban J connectivity index is 2.17. The van der Waals surface area contributed by atoms with Gasteiger partial charge in [-0.05, 0) is 24.6 Å². The van der Waals surface area contributed by atoms with Crippen LogP contribution in [0.5, 0.6) is 11.5 Å². The maximum Gasteiger partial charge on any atom is 0.119 e. The number of nitrogens with one attached hydrogen (secondary N) is 1. The number of anilines is 1. The molecule has 0 spiro atoms. The standard InChI is InChI=1S/C12H13N3O2/c1-8(15-10-5-13-7-14-6-10)9-2-11(16)4-12(17)3-9/h2-8,15-17H,1H3. The van der Waals surface area contributed by atoms with Gasteiger partial charge < -0.3 is 15.5 Å². The molecule has 0 aliphatic rings. The molecule has 0 aliphatic heterocycles. The zero-order valence-corrected chi connectivity index (χ0v) is 9.33. The molecule has 1 aromatic heterocycles. The molecule has 1 atom stereocenters. The topological polar surface area (TPSA) is 78.3 Å².